The van der Waals surface area contributed by atoms with Gasteiger partial charge in [-0.15, -0.1) is 0 Å². The molecule has 0 aliphatic rings. The number of pyridine rings is 1. The molecule has 0 spiro atoms. The highest BCUT2D eigenvalue weighted by Gasteiger charge is 2.31. The van der Waals surface area contributed by atoms with Gasteiger partial charge in [0.05, 0.1) is 16.8 Å². The molecule has 0 atom stereocenters. The van der Waals surface area contributed by atoms with Crippen LogP contribution in [0.1, 0.15) is 5.56 Å². The molecule has 3 nitrogen and oxygen atoms in total. The molecular formula is C24H16F3N3. The monoisotopic (exact) mass is 403 g/mol. The standard InChI is InChI=1S/C24H16F3N3/c25-24(26,27)18-5-1-4-17(13-18)23-21(15-7-10-28-11-8-15)20(14-30-23)19-6-2-3-16-9-12-29-22(16)19/h1-14,29-30H. The number of H-pyrrole nitrogens is 2. The molecule has 0 saturated carbocycles. The summed E-state index contributed by atoms with van der Waals surface area (Å²) in [6.07, 6.45) is 2.67. The van der Waals surface area contributed by atoms with E-state index in [2.05, 4.69) is 15.0 Å². The number of halogens is 3. The van der Waals surface area contributed by atoms with Crippen molar-refractivity contribution in [2.45, 2.75) is 6.18 Å². The Hall–Kier alpha value is -3.80. The Morgan fingerprint density at radius 2 is 1.57 bits per heavy atom. The van der Waals surface area contributed by atoms with E-state index >= 15 is 0 Å². The number of nitrogens with one attached hydrogen (secondary N) is 2. The topological polar surface area (TPSA) is 44.5 Å². The van der Waals surface area contributed by atoms with Gasteiger partial charge in [-0.3, -0.25) is 4.98 Å². The Labute approximate surface area is 170 Å². The Morgan fingerprint density at radius 3 is 2.37 bits per heavy atom. The van der Waals surface area contributed by atoms with Crippen LogP contribution < -0.4 is 0 Å². The lowest BCUT2D eigenvalue weighted by Crippen LogP contribution is -2.04. The molecule has 0 amide bonds. The Morgan fingerprint density at radius 1 is 0.767 bits per heavy atom. The molecule has 0 bridgehead atoms. The van der Waals surface area contributed by atoms with E-state index in [9.17, 15) is 13.2 Å². The van der Waals surface area contributed by atoms with E-state index in [0.717, 1.165) is 39.2 Å². The van der Waals surface area contributed by atoms with Crippen LogP contribution in [0, 0.1) is 0 Å². The van der Waals surface area contributed by atoms with Crippen LogP contribution in [0.4, 0.5) is 13.2 Å². The van der Waals surface area contributed by atoms with Gasteiger partial charge in [0.15, 0.2) is 0 Å². The van der Waals surface area contributed by atoms with E-state index < -0.39 is 11.7 Å². The molecule has 0 unspecified atom stereocenters. The Balaban J connectivity index is 1.78. The first-order valence-electron chi connectivity index (χ1n) is 9.38. The van der Waals surface area contributed by atoms with Crippen molar-refractivity contribution >= 4 is 10.9 Å². The summed E-state index contributed by atoms with van der Waals surface area (Å²) in [4.78, 5) is 10.6. The van der Waals surface area contributed by atoms with Gasteiger partial charge < -0.3 is 9.97 Å². The number of rotatable bonds is 3. The predicted molar refractivity (Wildman–Crippen MR) is 112 cm³/mol. The van der Waals surface area contributed by atoms with Crippen molar-refractivity contribution in [1.29, 1.82) is 0 Å². The maximum absolute atomic E-state index is 13.3. The number of aromatic amines is 2. The smallest absolute Gasteiger partial charge is 0.361 e. The maximum Gasteiger partial charge on any atom is 0.416 e. The van der Waals surface area contributed by atoms with Crippen LogP contribution in [0.3, 0.4) is 0 Å². The van der Waals surface area contributed by atoms with Gasteiger partial charge in [-0.05, 0) is 46.8 Å². The molecule has 0 fully saturated rings. The summed E-state index contributed by atoms with van der Waals surface area (Å²) >= 11 is 0. The van der Waals surface area contributed by atoms with Crippen LogP contribution in [0.2, 0.25) is 0 Å². The first-order chi connectivity index (χ1) is 14.5. The molecule has 2 aromatic carbocycles. The Bertz CT molecular complexity index is 1330. The van der Waals surface area contributed by atoms with Crippen molar-refractivity contribution < 1.29 is 13.2 Å². The Kier molecular flexibility index (Phi) is 4.20. The van der Waals surface area contributed by atoms with Gasteiger partial charge in [0.1, 0.15) is 0 Å². The zero-order valence-corrected chi connectivity index (χ0v) is 15.7. The molecule has 3 heterocycles. The fourth-order valence-electron chi connectivity index (χ4n) is 3.84. The van der Waals surface area contributed by atoms with Gasteiger partial charge >= 0.3 is 6.18 Å². The van der Waals surface area contributed by atoms with Gasteiger partial charge in [0.25, 0.3) is 0 Å². The van der Waals surface area contributed by atoms with E-state index in [1.54, 1.807) is 18.5 Å². The molecule has 0 saturated heterocycles. The number of nitrogens with zero attached hydrogens (tertiary/aromatic N) is 1. The van der Waals surface area contributed by atoms with Crippen LogP contribution in [-0.2, 0) is 6.18 Å². The molecule has 0 aliphatic heterocycles. The van der Waals surface area contributed by atoms with E-state index in [0.29, 0.717) is 11.3 Å². The van der Waals surface area contributed by atoms with Crippen molar-refractivity contribution in [3.8, 4) is 33.5 Å². The van der Waals surface area contributed by atoms with Gasteiger partial charge in [-0.2, -0.15) is 13.2 Å². The summed E-state index contributed by atoms with van der Waals surface area (Å²) < 4.78 is 39.9. The summed E-state index contributed by atoms with van der Waals surface area (Å²) in [6.45, 7) is 0. The van der Waals surface area contributed by atoms with Crippen molar-refractivity contribution in [3.63, 3.8) is 0 Å². The number of fused-ring (bicyclic) bond motifs is 1. The molecule has 6 heteroatoms. The number of aromatic nitrogens is 3. The summed E-state index contributed by atoms with van der Waals surface area (Å²) in [6, 6.07) is 17.1. The van der Waals surface area contributed by atoms with E-state index in [-0.39, 0.29) is 0 Å². The second-order valence-corrected chi connectivity index (χ2v) is 7.01. The molecule has 0 aliphatic carbocycles. The molecule has 3 aromatic heterocycles. The number of alkyl halides is 3. The average Bonchev–Trinajstić information content (AvgIpc) is 3.41. The summed E-state index contributed by atoms with van der Waals surface area (Å²) in [5.41, 5.74) is 4.98. The minimum atomic E-state index is -4.40. The van der Waals surface area contributed by atoms with Crippen LogP contribution >= 0.6 is 0 Å². The summed E-state index contributed by atoms with van der Waals surface area (Å²) in [7, 11) is 0. The van der Waals surface area contributed by atoms with Crippen molar-refractivity contribution in [2.24, 2.45) is 0 Å². The minimum absolute atomic E-state index is 0.474. The highest BCUT2D eigenvalue weighted by atomic mass is 19.4. The van der Waals surface area contributed by atoms with E-state index in [1.807, 2.05) is 48.8 Å². The van der Waals surface area contributed by atoms with Crippen molar-refractivity contribution in [1.82, 2.24) is 15.0 Å². The maximum atomic E-state index is 13.3. The quantitative estimate of drug-likeness (QED) is 0.338. The van der Waals surface area contributed by atoms with Crippen LogP contribution in [0.5, 0.6) is 0 Å². The third-order valence-corrected chi connectivity index (χ3v) is 5.21. The number of benzene rings is 2. The molecule has 5 rings (SSSR count). The fourth-order valence-corrected chi connectivity index (χ4v) is 3.84. The lowest BCUT2D eigenvalue weighted by Gasteiger charge is -2.12. The third-order valence-electron chi connectivity index (χ3n) is 5.21. The van der Waals surface area contributed by atoms with Crippen LogP contribution in [-0.4, -0.2) is 15.0 Å². The zero-order valence-electron chi connectivity index (χ0n) is 15.7. The largest absolute Gasteiger partial charge is 0.416 e. The molecule has 148 valence electrons. The second kappa shape index (κ2) is 6.91. The van der Waals surface area contributed by atoms with Crippen molar-refractivity contribution in [2.75, 3.05) is 0 Å². The summed E-state index contributed by atoms with van der Waals surface area (Å²) in [5.74, 6) is 0. The minimum Gasteiger partial charge on any atom is -0.361 e. The number of hydrogen-bond donors (Lipinski definition) is 2. The first kappa shape index (κ1) is 18.2. The van der Waals surface area contributed by atoms with Gasteiger partial charge in [-0.1, -0.05) is 30.3 Å². The molecular weight excluding hydrogens is 387 g/mol. The van der Waals surface area contributed by atoms with E-state index in [4.69, 9.17) is 0 Å². The third kappa shape index (κ3) is 3.06. The lowest BCUT2D eigenvalue weighted by molar-refractivity contribution is -0.137. The van der Waals surface area contributed by atoms with E-state index in [1.165, 1.54) is 12.1 Å². The van der Waals surface area contributed by atoms with Gasteiger partial charge in [-0.25, -0.2) is 0 Å². The highest BCUT2D eigenvalue weighted by molar-refractivity contribution is 6.02. The normalized spacial score (nSPS) is 11.8. The van der Waals surface area contributed by atoms with Crippen LogP contribution in [0.25, 0.3) is 44.4 Å². The molecule has 2 N–H and O–H groups in total. The lowest BCUT2D eigenvalue weighted by atomic mass is 9.93. The number of hydrogen-bond acceptors (Lipinski definition) is 1. The molecule has 30 heavy (non-hydrogen) atoms. The highest BCUT2D eigenvalue weighted by Crippen LogP contribution is 2.42. The molecule has 0 radical (unpaired) electrons. The SMILES string of the molecule is FC(F)(F)c1cccc(-c2[nH]cc(-c3cccc4cc[nH]c34)c2-c2ccncc2)c1. The fraction of sp³-hybridized carbons (Fsp3) is 0.0417. The van der Waals surface area contributed by atoms with Gasteiger partial charge in [0, 0.05) is 41.5 Å². The second-order valence-electron chi connectivity index (χ2n) is 7.01. The first-order valence-corrected chi connectivity index (χ1v) is 9.38. The number of para-hydroxylation sites is 1. The molecule has 5 aromatic rings. The van der Waals surface area contributed by atoms with Crippen LogP contribution in [0.15, 0.2) is 85.5 Å². The average molecular weight is 403 g/mol. The predicted octanol–water partition coefficient (Wildman–Crippen LogP) is 6.91. The van der Waals surface area contributed by atoms with Gasteiger partial charge in [0.2, 0.25) is 0 Å². The van der Waals surface area contributed by atoms with Crippen molar-refractivity contribution in [3.05, 3.63) is 91.0 Å². The zero-order chi connectivity index (χ0) is 20.7. The summed E-state index contributed by atoms with van der Waals surface area (Å²) in [5, 5.41) is 1.06.